The molecule has 1 atom stereocenters. The molecule has 3 nitrogen and oxygen atoms in total. The molecule has 0 amide bonds. The van der Waals surface area contributed by atoms with Crippen LogP contribution >= 0.6 is 0 Å². The Kier molecular flexibility index (Phi) is 5.17. The van der Waals surface area contributed by atoms with Crippen molar-refractivity contribution in [2.24, 2.45) is 5.92 Å². The number of rotatable bonds is 8. The molecular weight excluding hydrogens is 264 g/mol. The van der Waals surface area contributed by atoms with E-state index in [1.807, 2.05) is 6.07 Å². The summed E-state index contributed by atoms with van der Waals surface area (Å²) in [6.45, 7) is -0.0588. The fourth-order valence-electron chi connectivity index (χ4n) is 2.25. The summed E-state index contributed by atoms with van der Waals surface area (Å²) in [5.41, 5.74) is 0.907. The van der Waals surface area contributed by atoms with Crippen molar-refractivity contribution >= 4 is 0 Å². The van der Waals surface area contributed by atoms with Gasteiger partial charge in [-0.1, -0.05) is 18.9 Å². The highest BCUT2D eigenvalue weighted by atomic mass is 19.3. The van der Waals surface area contributed by atoms with E-state index >= 15 is 0 Å². The van der Waals surface area contributed by atoms with Crippen LogP contribution in [0.25, 0.3) is 0 Å². The Labute approximate surface area is 118 Å². The van der Waals surface area contributed by atoms with E-state index in [2.05, 4.69) is 17.0 Å². The Balaban J connectivity index is 1.92. The predicted octanol–water partition coefficient (Wildman–Crippen LogP) is 3.57. The highest BCUT2D eigenvalue weighted by Gasteiger charge is 2.23. The molecule has 0 aromatic heterocycles. The molecule has 5 heteroatoms. The first-order chi connectivity index (χ1) is 9.58. The van der Waals surface area contributed by atoms with E-state index in [0.29, 0.717) is 18.3 Å². The van der Waals surface area contributed by atoms with Gasteiger partial charge in [0.25, 0.3) is 0 Å². The lowest BCUT2D eigenvalue weighted by atomic mass is 10.1. The third-order valence-corrected chi connectivity index (χ3v) is 3.48. The quantitative estimate of drug-likeness (QED) is 0.792. The summed E-state index contributed by atoms with van der Waals surface area (Å²) in [4.78, 5) is 0. The van der Waals surface area contributed by atoms with Gasteiger partial charge in [-0.25, -0.2) is 0 Å². The van der Waals surface area contributed by atoms with Gasteiger partial charge in [0.1, 0.15) is 0 Å². The second-order valence-electron chi connectivity index (χ2n) is 5.32. The first-order valence-electron chi connectivity index (χ1n) is 6.93. The van der Waals surface area contributed by atoms with Crippen molar-refractivity contribution in [2.45, 2.75) is 45.4 Å². The molecular formula is C15H21F2NO2. The van der Waals surface area contributed by atoms with Crippen LogP contribution in [0, 0.1) is 5.92 Å². The van der Waals surface area contributed by atoms with Gasteiger partial charge in [-0.15, -0.1) is 0 Å². The van der Waals surface area contributed by atoms with Crippen molar-refractivity contribution in [3.8, 4) is 11.5 Å². The number of alkyl halides is 2. The molecule has 20 heavy (non-hydrogen) atoms. The van der Waals surface area contributed by atoms with Gasteiger partial charge in [0, 0.05) is 12.6 Å². The number of methoxy groups -OCH3 is 1. The lowest BCUT2D eigenvalue weighted by molar-refractivity contribution is -0.0512. The van der Waals surface area contributed by atoms with Gasteiger partial charge < -0.3 is 14.8 Å². The van der Waals surface area contributed by atoms with Crippen molar-refractivity contribution in [1.82, 2.24) is 5.32 Å². The molecule has 112 valence electrons. The fraction of sp³-hybridized carbons (Fsp3) is 0.600. The smallest absolute Gasteiger partial charge is 0.387 e. The van der Waals surface area contributed by atoms with E-state index in [9.17, 15) is 8.78 Å². The topological polar surface area (TPSA) is 30.5 Å². The second-order valence-corrected chi connectivity index (χ2v) is 5.32. The lowest BCUT2D eigenvalue weighted by Gasteiger charge is -2.15. The Hall–Kier alpha value is -1.36. The van der Waals surface area contributed by atoms with Crippen molar-refractivity contribution in [3.63, 3.8) is 0 Å². The monoisotopic (exact) mass is 285 g/mol. The maximum atomic E-state index is 12.3. The Bertz CT molecular complexity index is 436. The first kappa shape index (κ1) is 15.0. The van der Waals surface area contributed by atoms with E-state index in [4.69, 9.17) is 4.74 Å². The first-order valence-corrected chi connectivity index (χ1v) is 6.93. The van der Waals surface area contributed by atoms with Crippen molar-refractivity contribution in [2.75, 3.05) is 7.11 Å². The zero-order valence-electron chi connectivity index (χ0n) is 11.9. The average Bonchev–Trinajstić information content (AvgIpc) is 3.20. The molecule has 1 aliphatic carbocycles. The molecule has 1 aromatic rings. The van der Waals surface area contributed by atoms with Crippen molar-refractivity contribution in [1.29, 1.82) is 0 Å². The van der Waals surface area contributed by atoms with E-state index in [1.54, 1.807) is 12.1 Å². The van der Waals surface area contributed by atoms with Gasteiger partial charge in [0.2, 0.25) is 0 Å². The van der Waals surface area contributed by atoms with Crippen LogP contribution in [0.1, 0.15) is 31.7 Å². The van der Waals surface area contributed by atoms with Crippen LogP contribution < -0.4 is 14.8 Å². The van der Waals surface area contributed by atoms with E-state index in [1.165, 1.54) is 26.4 Å². The van der Waals surface area contributed by atoms with E-state index < -0.39 is 6.61 Å². The molecule has 0 aliphatic heterocycles. The second kappa shape index (κ2) is 6.88. The minimum Gasteiger partial charge on any atom is -0.493 e. The molecule has 0 bridgehead atoms. The molecule has 1 fully saturated rings. The third kappa shape index (κ3) is 4.63. The average molecular weight is 285 g/mol. The summed E-state index contributed by atoms with van der Waals surface area (Å²) < 4.78 is 34.2. The maximum Gasteiger partial charge on any atom is 0.387 e. The van der Waals surface area contributed by atoms with Crippen molar-refractivity contribution in [3.05, 3.63) is 23.8 Å². The highest BCUT2D eigenvalue weighted by molar-refractivity contribution is 5.43. The van der Waals surface area contributed by atoms with E-state index in [-0.39, 0.29) is 5.75 Å². The summed E-state index contributed by atoms with van der Waals surface area (Å²) in [5, 5.41) is 3.40. The summed E-state index contributed by atoms with van der Waals surface area (Å²) in [6, 6.07) is 5.54. The summed E-state index contributed by atoms with van der Waals surface area (Å²) in [7, 11) is 1.43. The Morgan fingerprint density at radius 1 is 1.30 bits per heavy atom. The molecule has 2 rings (SSSR count). The third-order valence-electron chi connectivity index (χ3n) is 3.48. The van der Waals surface area contributed by atoms with Gasteiger partial charge in [0.15, 0.2) is 11.5 Å². The SMILES string of the molecule is COc1ccc(CNC(C)CC2CC2)cc1OC(F)F. The molecule has 1 saturated carbocycles. The van der Waals surface area contributed by atoms with Crippen LogP contribution in [-0.4, -0.2) is 19.8 Å². The van der Waals surface area contributed by atoms with Gasteiger partial charge in [-0.3, -0.25) is 0 Å². The molecule has 0 saturated heterocycles. The molecule has 0 spiro atoms. The molecule has 0 heterocycles. The minimum atomic E-state index is -2.85. The molecule has 1 aromatic carbocycles. The Morgan fingerprint density at radius 2 is 2.05 bits per heavy atom. The van der Waals surface area contributed by atoms with E-state index in [0.717, 1.165) is 11.5 Å². The number of hydrogen-bond donors (Lipinski definition) is 1. The Morgan fingerprint density at radius 3 is 2.65 bits per heavy atom. The predicted molar refractivity (Wildman–Crippen MR) is 73.3 cm³/mol. The van der Waals surface area contributed by atoms with Crippen molar-refractivity contribution < 1.29 is 18.3 Å². The molecule has 1 aliphatic rings. The van der Waals surface area contributed by atoms with Gasteiger partial charge in [-0.05, 0) is 37.0 Å². The zero-order valence-corrected chi connectivity index (χ0v) is 11.9. The molecule has 1 unspecified atom stereocenters. The van der Waals surface area contributed by atoms with Crippen LogP contribution in [0.3, 0.4) is 0 Å². The van der Waals surface area contributed by atoms with Gasteiger partial charge >= 0.3 is 6.61 Å². The van der Waals surface area contributed by atoms with Crippen LogP contribution in [0.15, 0.2) is 18.2 Å². The number of benzene rings is 1. The lowest BCUT2D eigenvalue weighted by Crippen LogP contribution is -2.25. The number of ether oxygens (including phenoxy) is 2. The maximum absolute atomic E-state index is 12.3. The summed E-state index contributed by atoms with van der Waals surface area (Å²) in [6.07, 6.45) is 3.85. The minimum absolute atomic E-state index is 0.0802. The largest absolute Gasteiger partial charge is 0.493 e. The molecule has 0 radical (unpaired) electrons. The van der Waals surface area contributed by atoms with Crippen LogP contribution in [-0.2, 0) is 6.54 Å². The van der Waals surface area contributed by atoms with Crippen LogP contribution in [0.5, 0.6) is 11.5 Å². The number of hydrogen-bond acceptors (Lipinski definition) is 3. The molecule has 1 N–H and O–H groups in total. The number of nitrogens with one attached hydrogen (secondary N) is 1. The fourth-order valence-corrected chi connectivity index (χ4v) is 2.25. The van der Waals surface area contributed by atoms with Gasteiger partial charge in [-0.2, -0.15) is 8.78 Å². The highest BCUT2D eigenvalue weighted by Crippen LogP contribution is 2.33. The number of halogens is 2. The van der Waals surface area contributed by atoms with Crippen LogP contribution in [0.2, 0.25) is 0 Å². The summed E-state index contributed by atoms with van der Waals surface area (Å²) in [5.74, 6) is 1.27. The van der Waals surface area contributed by atoms with Gasteiger partial charge in [0.05, 0.1) is 7.11 Å². The van der Waals surface area contributed by atoms with Crippen LogP contribution in [0.4, 0.5) is 8.78 Å². The standard InChI is InChI=1S/C15H21F2NO2/c1-10(7-11-3-4-11)18-9-12-5-6-13(19-2)14(8-12)20-15(16)17/h5-6,8,10-11,15,18H,3-4,7,9H2,1-2H3. The normalized spacial score (nSPS) is 16.2. The zero-order chi connectivity index (χ0) is 14.5. The summed E-state index contributed by atoms with van der Waals surface area (Å²) >= 11 is 0.